The molecule has 0 saturated heterocycles. The van der Waals surface area contributed by atoms with E-state index in [-0.39, 0.29) is 17.3 Å². The summed E-state index contributed by atoms with van der Waals surface area (Å²) in [5.41, 5.74) is -3.93. The number of hydrogen-bond donors (Lipinski definition) is 2. The smallest absolute Gasteiger partial charge is 0.344 e. The molecule has 6 nitrogen and oxygen atoms in total. The third-order valence-corrected chi connectivity index (χ3v) is 7.21. The van der Waals surface area contributed by atoms with Gasteiger partial charge in [-0.1, -0.05) is 27.7 Å². The lowest BCUT2D eigenvalue weighted by Gasteiger charge is -2.68. The Morgan fingerprint density at radius 1 is 1.04 bits per heavy atom. The molecule has 2 N–H and O–H groups in total. The molecule has 4 aliphatic rings. The molecule has 160 valence electrons. The van der Waals surface area contributed by atoms with E-state index >= 15 is 0 Å². The molecule has 5 atom stereocenters. The molecule has 6 heteroatoms. The van der Waals surface area contributed by atoms with Gasteiger partial charge in [-0.05, 0) is 50.9 Å². The fraction of sp³-hybridized carbons (Fsp3) is 0.909. The molecule has 0 amide bonds. The molecule has 0 aliphatic heterocycles. The van der Waals surface area contributed by atoms with Gasteiger partial charge in [0, 0.05) is 18.8 Å². The van der Waals surface area contributed by atoms with Crippen LogP contribution in [-0.4, -0.2) is 45.6 Å². The summed E-state index contributed by atoms with van der Waals surface area (Å²) in [6.07, 6.45) is 3.19. The molecule has 4 aliphatic carbocycles. The number of esters is 2. The van der Waals surface area contributed by atoms with Crippen LogP contribution in [0.2, 0.25) is 0 Å². The first-order valence-corrected chi connectivity index (χ1v) is 10.5. The van der Waals surface area contributed by atoms with Gasteiger partial charge in [0.05, 0.1) is 16.6 Å². The zero-order valence-corrected chi connectivity index (χ0v) is 18.1. The second-order valence-corrected chi connectivity index (χ2v) is 11.3. The molecule has 4 fully saturated rings. The van der Waals surface area contributed by atoms with Crippen LogP contribution in [0.4, 0.5) is 0 Å². The van der Waals surface area contributed by atoms with Gasteiger partial charge in [-0.2, -0.15) is 0 Å². The zero-order valence-electron chi connectivity index (χ0n) is 18.1. The van der Waals surface area contributed by atoms with E-state index in [9.17, 15) is 19.8 Å². The minimum atomic E-state index is -1.05. The van der Waals surface area contributed by atoms with Crippen LogP contribution in [0.3, 0.4) is 0 Å². The van der Waals surface area contributed by atoms with Crippen molar-refractivity contribution in [3.63, 3.8) is 0 Å². The molecule has 0 heterocycles. The van der Waals surface area contributed by atoms with Crippen LogP contribution < -0.4 is 0 Å². The number of carbonyl (C=O) groups is 2. The average molecular weight is 397 g/mol. The Morgan fingerprint density at radius 3 is 2.21 bits per heavy atom. The van der Waals surface area contributed by atoms with E-state index in [2.05, 4.69) is 0 Å². The highest BCUT2D eigenvalue weighted by atomic mass is 16.6. The summed E-state index contributed by atoms with van der Waals surface area (Å²) in [5.74, 6) is -1.19. The number of aliphatic hydroxyl groups is 2. The predicted octanol–water partition coefficient (Wildman–Crippen LogP) is 2.98. The van der Waals surface area contributed by atoms with Crippen molar-refractivity contribution in [2.75, 3.05) is 6.61 Å². The van der Waals surface area contributed by atoms with Crippen LogP contribution >= 0.6 is 0 Å². The van der Waals surface area contributed by atoms with Gasteiger partial charge in [-0.25, -0.2) is 4.79 Å². The first-order chi connectivity index (χ1) is 12.6. The van der Waals surface area contributed by atoms with Crippen molar-refractivity contribution in [2.45, 2.75) is 96.9 Å². The second kappa shape index (κ2) is 6.43. The first kappa shape index (κ1) is 21.6. The van der Waals surface area contributed by atoms with E-state index in [1.807, 2.05) is 27.7 Å². The molecule has 4 bridgehead atoms. The summed E-state index contributed by atoms with van der Waals surface area (Å²) < 4.78 is 11.2. The van der Waals surface area contributed by atoms with Gasteiger partial charge in [0.1, 0.15) is 5.60 Å². The molecule has 28 heavy (non-hydrogen) atoms. The Hall–Kier alpha value is -1.14. The lowest BCUT2D eigenvalue weighted by atomic mass is 9.42. The lowest BCUT2D eigenvalue weighted by molar-refractivity contribution is -0.312. The van der Waals surface area contributed by atoms with Gasteiger partial charge in [-0.15, -0.1) is 0 Å². The largest absolute Gasteiger partial charge is 0.456 e. The van der Waals surface area contributed by atoms with Gasteiger partial charge in [0.2, 0.25) is 0 Å². The minimum Gasteiger partial charge on any atom is -0.456 e. The Kier molecular flexibility index (Phi) is 4.95. The van der Waals surface area contributed by atoms with Crippen LogP contribution in [0.25, 0.3) is 0 Å². The van der Waals surface area contributed by atoms with Crippen molar-refractivity contribution >= 4 is 11.9 Å². The van der Waals surface area contributed by atoms with Crippen LogP contribution in [0.15, 0.2) is 0 Å². The maximum atomic E-state index is 12.7. The Morgan fingerprint density at radius 2 is 1.68 bits per heavy atom. The molecular formula is C22H36O6. The normalized spacial score (nSPS) is 39.7. The highest BCUT2D eigenvalue weighted by Crippen LogP contribution is 2.66. The van der Waals surface area contributed by atoms with Crippen LogP contribution in [0, 0.1) is 22.7 Å². The first-order valence-electron chi connectivity index (χ1n) is 10.5. The summed E-state index contributed by atoms with van der Waals surface area (Å²) in [4.78, 5) is 24.8. The Labute approximate surface area is 168 Å². The van der Waals surface area contributed by atoms with Gasteiger partial charge in [-0.3, -0.25) is 4.79 Å². The molecule has 0 aromatic rings. The third-order valence-electron chi connectivity index (χ3n) is 7.21. The van der Waals surface area contributed by atoms with Gasteiger partial charge in [0.25, 0.3) is 0 Å². The summed E-state index contributed by atoms with van der Waals surface area (Å²) in [6, 6.07) is 0. The maximum Gasteiger partial charge on any atom is 0.344 e. The Bertz CT molecular complexity index is 664. The fourth-order valence-electron chi connectivity index (χ4n) is 6.60. The SMILES string of the molecule is CCC(C)(C)C(=O)OCC(=O)OC12CC3CC(O)(CC(O)(C3)C1C(C)(C)C)C2. The summed E-state index contributed by atoms with van der Waals surface area (Å²) in [5, 5.41) is 22.5. The van der Waals surface area contributed by atoms with E-state index in [0.717, 1.165) is 0 Å². The number of ether oxygens (including phenoxy) is 2. The highest BCUT2D eigenvalue weighted by Gasteiger charge is 2.71. The minimum absolute atomic E-state index is 0.130. The summed E-state index contributed by atoms with van der Waals surface area (Å²) >= 11 is 0. The van der Waals surface area contributed by atoms with Crippen LogP contribution in [-0.2, 0) is 19.1 Å². The summed E-state index contributed by atoms with van der Waals surface area (Å²) in [7, 11) is 0. The number of rotatable bonds is 5. The highest BCUT2D eigenvalue weighted by molar-refractivity contribution is 5.80. The van der Waals surface area contributed by atoms with E-state index in [4.69, 9.17) is 9.47 Å². The second-order valence-electron chi connectivity index (χ2n) is 11.3. The van der Waals surface area contributed by atoms with Gasteiger partial charge < -0.3 is 19.7 Å². The quantitative estimate of drug-likeness (QED) is 0.694. The van der Waals surface area contributed by atoms with Crippen molar-refractivity contribution in [3.05, 3.63) is 0 Å². The van der Waals surface area contributed by atoms with Crippen molar-refractivity contribution in [3.8, 4) is 0 Å². The van der Waals surface area contributed by atoms with Crippen molar-refractivity contribution in [1.82, 2.24) is 0 Å². The molecule has 0 aromatic carbocycles. The molecule has 0 radical (unpaired) electrons. The van der Waals surface area contributed by atoms with Crippen LogP contribution in [0.1, 0.15) is 80.1 Å². The van der Waals surface area contributed by atoms with E-state index in [1.54, 1.807) is 13.8 Å². The van der Waals surface area contributed by atoms with Gasteiger partial charge in [0.15, 0.2) is 6.61 Å². The standard InChI is InChI=1S/C22H36O6/c1-7-19(5,6)17(24)27-11-15(23)28-22-10-14-8-20(25,13-22)12-21(26,9-14)16(22)18(2,3)4/h14,16,25-26H,7-13H2,1-6H3. The van der Waals surface area contributed by atoms with E-state index in [0.29, 0.717) is 38.5 Å². The average Bonchev–Trinajstić information content (AvgIpc) is 2.47. The molecular weight excluding hydrogens is 360 g/mol. The van der Waals surface area contributed by atoms with Crippen molar-refractivity contribution in [1.29, 1.82) is 0 Å². The maximum absolute atomic E-state index is 12.7. The van der Waals surface area contributed by atoms with Crippen molar-refractivity contribution in [2.24, 2.45) is 22.7 Å². The topological polar surface area (TPSA) is 93.1 Å². The Balaban J connectivity index is 1.80. The summed E-state index contributed by atoms with van der Waals surface area (Å²) in [6.45, 7) is 11.1. The molecule has 5 unspecified atom stereocenters. The third kappa shape index (κ3) is 3.58. The lowest BCUT2D eigenvalue weighted by Crippen LogP contribution is -2.74. The zero-order chi connectivity index (χ0) is 21.2. The molecule has 4 rings (SSSR count). The molecule has 0 aromatic heterocycles. The fourth-order valence-corrected chi connectivity index (χ4v) is 6.60. The number of carbonyl (C=O) groups excluding carboxylic acids is 2. The number of hydrogen-bond acceptors (Lipinski definition) is 6. The van der Waals surface area contributed by atoms with E-state index in [1.165, 1.54) is 0 Å². The van der Waals surface area contributed by atoms with E-state index < -0.39 is 40.8 Å². The van der Waals surface area contributed by atoms with Crippen molar-refractivity contribution < 1.29 is 29.3 Å². The van der Waals surface area contributed by atoms with Crippen LogP contribution in [0.5, 0.6) is 0 Å². The monoisotopic (exact) mass is 396 g/mol. The molecule has 0 spiro atoms. The molecule has 4 saturated carbocycles. The van der Waals surface area contributed by atoms with Gasteiger partial charge >= 0.3 is 11.9 Å². The predicted molar refractivity (Wildman–Crippen MR) is 103 cm³/mol.